The van der Waals surface area contributed by atoms with Crippen molar-refractivity contribution in [3.05, 3.63) is 0 Å². The van der Waals surface area contributed by atoms with Crippen molar-refractivity contribution in [3.8, 4) is 0 Å². The molecule has 4 nitrogen and oxygen atoms in total. The normalized spacial score (nSPS) is 23.6. The fourth-order valence-corrected chi connectivity index (χ4v) is 1.17. The third kappa shape index (κ3) is 1.80. The number of hydrogen-bond acceptors (Lipinski definition) is 2. The summed E-state index contributed by atoms with van der Waals surface area (Å²) in [4.78, 5) is 23.5. The molecule has 14 heavy (non-hydrogen) atoms. The Balaban J connectivity index is 2.81. The van der Waals surface area contributed by atoms with Crippen molar-refractivity contribution in [2.45, 2.75) is 19.1 Å². The number of carbonyl (C=O) groups is 2. The van der Waals surface area contributed by atoms with E-state index >= 15 is 0 Å². The van der Waals surface area contributed by atoms with E-state index in [-0.39, 0.29) is 4.90 Å². The van der Waals surface area contributed by atoms with E-state index in [1.807, 2.05) is 0 Å². The quantitative estimate of drug-likeness (QED) is 0.601. The number of nitrogens with zero attached hydrogens (tertiary/aromatic N) is 2. The van der Waals surface area contributed by atoms with Crippen LogP contribution in [0.1, 0.15) is 6.92 Å². The average molecular weight is 210 g/mol. The molecule has 0 aromatic rings. The van der Waals surface area contributed by atoms with Crippen molar-refractivity contribution < 1.29 is 22.8 Å². The molecule has 1 rings (SSSR count). The lowest BCUT2D eigenvalue weighted by molar-refractivity contribution is -0.152. The summed E-state index contributed by atoms with van der Waals surface area (Å²) >= 11 is 0. The average Bonchev–Trinajstić information content (AvgIpc) is 2.20. The number of imide groups is 1. The summed E-state index contributed by atoms with van der Waals surface area (Å²) in [6.45, 7) is -0.129. The molecule has 0 bridgehead atoms. The van der Waals surface area contributed by atoms with Crippen LogP contribution in [0.4, 0.5) is 18.0 Å². The number of amides is 3. The second-order valence-electron chi connectivity index (χ2n) is 3.11. The zero-order valence-electron chi connectivity index (χ0n) is 7.63. The molecule has 1 heterocycles. The van der Waals surface area contributed by atoms with Crippen molar-refractivity contribution in [1.29, 1.82) is 0 Å². The van der Waals surface area contributed by atoms with Gasteiger partial charge in [-0.25, -0.2) is 4.79 Å². The van der Waals surface area contributed by atoms with Crippen LogP contribution in [0.3, 0.4) is 0 Å². The number of likely N-dealkylation sites (N-methyl/N-ethyl adjacent to an activating group) is 1. The second kappa shape index (κ2) is 3.14. The standard InChI is InChI=1S/C7H9F3N2O2/c1-4-5(13)12(3-7(8,9)10)6(14)11(4)2/h4H,3H2,1-2H3. The Morgan fingerprint density at radius 2 is 1.86 bits per heavy atom. The van der Waals surface area contributed by atoms with Crippen LogP contribution in [0.15, 0.2) is 0 Å². The number of rotatable bonds is 1. The predicted octanol–water partition coefficient (Wildman–Crippen LogP) is 0.831. The summed E-state index contributed by atoms with van der Waals surface area (Å²) in [5.74, 6) is -0.810. The number of hydrogen-bond donors (Lipinski definition) is 0. The molecule has 80 valence electrons. The van der Waals surface area contributed by atoms with Crippen LogP contribution in [-0.4, -0.2) is 47.5 Å². The molecular weight excluding hydrogens is 201 g/mol. The lowest BCUT2D eigenvalue weighted by Gasteiger charge is -2.15. The van der Waals surface area contributed by atoms with Gasteiger partial charge in [0.15, 0.2) is 0 Å². The first-order chi connectivity index (χ1) is 6.24. The van der Waals surface area contributed by atoms with Gasteiger partial charge < -0.3 is 4.90 Å². The Morgan fingerprint density at radius 3 is 2.14 bits per heavy atom. The van der Waals surface area contributed by atoms with Gasteiger partial charge in [-0.3, -0.25) is 9.69 Å². The molecule has 0 aromatic heterocycles. The molecule has 1 saturated heterocycles. The van der Waals surface area contributed by atoms with Gasteiger partial charge in [0.05, 0.1) is 0 Å². The lowest BCUT2D eigenvalue weighted by atomic mass is 10.3. The first-order valence-corrected chi connectivity index (χ1v) is 3.89. The largest absolute Gasteiger partial charge is 0.406 e. The van der Waals surface area contributed by atoms with E-state index in [4.69, 9.17) is 0 Å². The van der Waals surface area contributed by atoms with E-state index < -0.39 is 30.7 Å². The SMILES string of the molecule is CC1C(=O)N(CC(F)(F)F)C(=O)N1C. The summed E-state index contributed by atoms with van der Waals surface area (Å²) in [5, 5.41) is 0. The van der Waals surface area contributed by atoms with Crippen LogP contribution in [-0.2, 0) is 4.79 Å². The minimum atomic E-state index is -4.55. The van der Waals surface area contributed by atoms with Gasteiger partial charge in [-0.2, -0.15) is 13.2 Å². The Morgan fingerprint density at radius 1 is 1.36 bits per heavy atom. The Bertz CT molecular complexity index is 257. The molecule has 1 atom stereocenters. The maximum atomic E-state index is 11.9. The van der Waals surface area contributed by atoms with Crippen LogP contribution in [0, 0.1) is 0 Å². The molecule has 1 fully saturated rings. The highest BCUT2D eigenvalue weighted by molar-refractivity contribution is 6.03. The van der Waals surface area contributed by atoms with Crippen LogP contribution < -0.4 is 0 Å². The predicted molar refractivity (Wildman–Crippen MR) is 40.4 cm³/mol. The summed E-state index contributed by atoms with van der Waals surface area (Å²) in [6.07, 6.45) is -4.55. The smallest absolute Gasteiger partial charge is 0.316 e. The van der Waals surface area contributed by atoms with Crippen molar-refractivity contribution in [1.82, 2.24) is 9.80 Å². The molecule has 0 N–H and O–H groups in total. The molecule has 0 spiro atoms. The van der Waals surface area contributed by atoms with Gasteiger partial charge in [0, 0.05) is 7.05 Å². The Hall–Kier alpha value is -1.27. The molecule has 0 aliphatic carbocycles. The molecule has 0 aromatic carbocycles. The number of alkyl halides is 3. The molecule has 1 aliphatic heterocycles. The maximum absolute atomic E-state index is 11.9. The third-order valence-electron chi connectivity index (χ3n) is 2.07. The third-order valence-corrected chi connectivity index (χ3v) is 2.07. The molecule has 0 saturated carbocycles. The van der Waals surface area contributed by atoms with E-state index in [2.05, 4.69) is 0 Å². The minimum absolute atomic E-state index is 0.213. The van der Waals surface area contributed by atoms with Gasteiger partial charge in [-0.1, -0.05) is 0 Å². The first kappa shape index (κ1) is 10.8. The van der Waals surface area contributed by atoms with Gasteiger partial charge in [0.2, 0.25) is 0 Å². The summed E-state index contributed by atoms with van der Waals surface area (Å²) in [5.41, 5.74) is 0. The van der Waals surface area contributed by atoms with E-state index in [0.29, 0.717) is 0 Å². The molecule has 1 unspecified atom stereocenters. The van der Waals surface area contributed by atoms with Gasteiger partial charge in [-0.15, -0.1) is 0 Å². The molecule has 3 amide bonds. The highest BCUT2D eigenvalue weighted by Gasteiger charge is 2.45. The highest BCUT2D eigenvalue weighted by atomic mass is 19.4. The van der Waals surface area contributed by atoms with E-state index in [9.17, 15) is 22.8 Å². The van der Waals surface area contributed by atoms with Gasteiger partial charge in [0.25, 0.3) is 5.91 Å². The highest BCUT2D eigenvalue weighted by Crippen LogP contribution is 2.22. The van der Waals surface area contributed by atoms with Gasteiger partial charge in [-0.05, 0) is 6.92 Å². The van der Waals surface area contributed by atoms with Gasteiger partial charge in [0.1, 0.15) is 12.6 Å². The molecule has 7 heteroatoms. The zero-order chi connectivity index (χ0) is 11.1. The van der Waals surface area contributed by atoms with Crippen molar-refractivity contribution in [2.24, 2.45) is 0 Å². The maximum Gasteiger partial charge on any atom is 0.406 e. The van der Waals surface area contributed by atoms with E-state index in [1.54, 1.807) is 0 Å². The molecule has 0 radical (unpaired) electrons. The van der Waals surface area contributed by atoms with Gasteiger partial charge >= 0.3 is 12.2 Å². The van der Waals surface area contributed by atoms with Crippen LogP contribution >= 0.6 is 0 Å². The monoisotopic (exact) mass is 210 g/mol. The zero-order valence-corrected chi connectivity index (χ0v) is 7.63. The Kier molecular flexibility index (Phi) is 2.43. The minimum Gasteiger partial charge on any atom is -0.316 e. The topological polar surface area (TPSA) is 40.6 Å². The first-order valence-electron chi connectivity index (χ1n) is 3.89. The van der Waals surface area contributed by atoms with Crippen LogP contribution in [0.25, 0.3) is 0 Å². The number of carbonyl (C=O) groups excluding carboxylic acids is 2. The summed E-state index contributed by atoms with van der Waals surface area (Å²) in [6, 6.07) is -1.72. The van der Waals surface area contributed by atoms with Crippen LogP contribution in [0.5, 0.6) is 0 Å². The molecule has 1 aliphatic rings. The lowest BCUT2D eigenvalue weighted by Crippen LogP contribution is -2.39. The van der Waals surface area contributed by atoms with Crippen molar-refractivity contribution in [3.63, 3.8) is 0 Å². The molecular formula is C7H9F3N2O2. The second-order valence-corrected chi connectivity index (χ2v) is 3.11. The fraction of sp³-hybridized carbons (Fsp3) is 0.714. The van der Waals surface area contributed by atoms with Crippen LogP contribution in [0.2, 0.25) is 0 Å². The Labute approximate surface area is 78.3 Å². The van der Waals surface area contributed by atoms with Crippen molar-refractivity contribution >= 4 is 11.9 Å². The summed E-state index contributed by atoms with van der Waals surface area (Å²) < 4.78 is 35.8. The number of halogens is 3. The van der Waals surface area contributed by atoms with E-state index in [0.717, 1.165) is 4.90 Å². The fourth-order valence-electron chi connectivity index (χ4n) is 1.17. The van der Waals surface area contributed by atoms with Crippen molar-refractivity contribution in [2.75, 3.05) is 13.6 Å². The van der Waals surface area contributed by atoms with E-state index in [1.165, 1.54) is 14.0 Å². The summed E-state index contributed by atoms with van der Waals surface area (Å²) in [7, 11) is 1.29. The number of urea groups is 1.